The monoisotopic (exact) mass is 305 g/mol. The lowest BCUT2D eigenvalue weighted by atomic mass is 9.46. The second-order valence-corrected chi connectivity index (χ2v) is 8.35. The van der Waals surface area contributed by atoms with Crippen LogP contribution in [-0.4, -0.2) is 45.0 Å². The van der Waals surface area contributed by atoms with Crippen LogP contribution in [0.3, 0.4) is 0 Å². The smallest absolute Gasteiger partial charge is 0.0993 e. The van der Waals surface area contributed by atoms with Crippen molar-refractivity contribution >= 4 is 10.1 Å². The summed E-state index contributed by atoms with van der Waals surface area (Å²) in [6.07, 6.45) is 3.16. The topological polar surface area (TPSA) is 83.0 Å². The molecule has 0 aromatic heterocycles. The molecule has 1 aliphatic heterocycles. The van der Waals surface area contributed by atoms with Crippen molar-refractivity contribution in [3.05, 3.63) is 0 Å². The number of quaternary nitrogens is 1. The molecule has 6 heteroatoms. The highest BCUT2D eigenvalue weighted by molar-refractivity contribution is 7.85. The largest absolute Gasteiger partial charge is 0.748 e. The van der Waals surface area contributed by atoms with Crippen LogP contribution in [0.25, 0.3) is 0 Å². The third-order valence-electron chi connectivity index (χ3n) is 5.35. The van der Waals surface area contributed by atoms with Crippen LogP contribution < -0.4 is 5.32 Å². The summed E-state index contributed by atoms with van der Waals surface area (Å²) >= 11 is 0. The molecule has 0 unspecified atom stereocenters. The van der Waals surface area contributed by atoms with E-state index in [9.17, 15) is 13.0 Å². The molecule has 3 aliphatic carbocycles. The number of hydrogen-bond donors (Lipinski definition) is 1. The Bertz CT molecular complexity index is 403. The molecule has 1 heterocycles. The molecule has 2 bridgehead atoms. The molecule has 3 atom stereocenters. The molecule has 4 fully saturated rings. The zero-order valence-corrected chi connectivity index (χ0v) is 13.3. The van der Waals surface area contributed by atoms with E-state index in [1.54, 1.807) is 0 Å². The van der Waals surface area contributed by atoms with Gasteiger partial charge in [-0.05, 0) is 42.4 Å². The van der Waals surface area contributed by atoms with Gasteiger partial charge in [0, 0.05) is 5.75 Å². The van der Waals surface area contributed by atoms with Gasteiger partial charge in [0.25, 0.3) is 0 Å². The van der Waals surface area contributed by atoms with Gasteiger partial charge in [0.15, 0.2) is 0 Å². The molecule has 0 aromatic carbocycles. The van der Waals surface area contributed by atoms with Crippen LogP contribution in [0.5, 0.6) is 0 Å². The minimum atomic E-state index is -4.03. The quantitative estimate of drug-likeness (QED) is 0.738. The highest BCUT2D eigenvalue weighted by Gasteiger charge is 2.54. The Balaban J connectivity index is 0.000000205. The van der Waals surface area contributed by atoms with E-state index in [-0.39, 0.29) is 17.1 Å². The second-order valence-electron chi connectivity index (χ2n) is 6.90. The van der Waals surface area contributed by atoms with Crippen molar-refractivity contribution in [3.63, 3.8) is 0 Å². The van der Waals surface area contributed by atoms with E-state index in [1.807, 2.05) is 0 Å². The number of fused-ring (bicyclic) bond motifs is 2. The van der Waals surface area contributed by atoms with Gasteiger partial charge in [0.1, 0.15) is 0 Å². The lowest BCUT2D eigenvalue weighted by Crippen LogP contribution is -2.87. The van der Waals surface area contributed by atoms with Crippen molar-refractivity contribution in [2.24, 2.45) is 23.2 Å². The van der Waals surface area contributed by atoms with Crippen molar-refractivity contribution < 1.29 is 23.0 Å². The molecular weight excluding hydrogens is 278 g/mol. The summed E-state index contributed by atoms with van der Waals surface area (Å²) in [6, 6.07) is 0. The van der Waals surface area contributed by atoms with Gasteiger partial charge >= 0.3 is 0 Å². The van der Waals surface area contributed by atoms with Crippen molar-refractivity contribution in [1.82, 2.24) is 0 Å². The number of hydrogen-bond acceptors (Lipinski definition) is 4. The van der Waals surface area contributed by atoms with Crippen LogP contribution in [0.2, 0.25) is 0 Å². The lowest BCUT2D eigenvalue weighted by molar-refractivity contribution is -0.670. The summed E-state index contributed by atoms with van der Waals surface area (Å²) in [7, 11) is -4.03. The molecule has 2 N–H and O–H groups in total. The minimum absolute atomic E-state index is 0.123. The standard InChI is InChI=1S/C10H18O3S.C4H9NO/c1-10(2)8-4-3-7(9(10)5-8)6-14(11,12)13;1-3-6-4-2-5-1/h7-9H,3-6H2,1-2H3,(H,11,12,13);5H,1-4H2/t7-,8-,9-;/m0./s1. The molecule has 0 amide bonds. The summed E-state index contributed by atoms with van der Waals surface area (Å²) < 4.78 is 37.2. The molecule has 4 aliphatic rings. The van der Waals surface area contributed by atoms with E-state index < -0.39 is 10.1 Å². The molecule has 20 heavy (non-hydrogen) atoms. The predicted octanol–water partition coefficient (Wildman–Crippen LogP) is 0.184. The maximum absolute atomic E-state index is 10.7. The summed E-state index contributed by atoms with van der Waals surface area (Å²) in [5.41, 5.74) is 0.271. The molecule has 0 spiro atoms. The van der Waals surface area contributed by atoms with E-state index in [0.717, 1.165) is 51.5 Å². The Morgan fingerprint density at radius 2 is 1.90 bits per heavy atom. The fourth-order valence-electron chi connectivity index (χ4n) is 4.00. The molecule has 1 saturated heterocycles. The van der Waals surface area contributed by atoms with Gasteiger partial charge in [0.2, 0.25) is 0 Å². The average Bonchev–Trinajstić information content (AvgIpc) is 2.39. The summed E-state index contributed by atoms with van der Waals surface area (Å²) in [6.45, 7) is 8.60. The molecule has 118 valence electrons. The highest BCUT2D eigenvalue weighted by Crippen LogP contribution is 2.61. The van der Waals surface area contributed by atoms with E-state index in [4.69, 9.17) is 4.74 Å². The molecular formula is C14H27NO4S. The van der Waals surface area contributed by atoms with Gasteiger partial charge in [-0.1, -0.05) is 13.8 Å². The van der Waals surface area contributed by atoms with Gasteiger partial charge in [-0.2, -0.15) is 0 Å². The van der Waals surface area contributed by atoms with Crippen LogP contribution in [-0.2, 0) is 14.9 Å². The average molecular weight is 305 g/mol. The van der Waals surface area contributed by atoms with Crippen LogP contribution in [0.4, 0.5) is 0 Å². The normalized spacial score (nSPS) is 35.5. The van der Waals surface area contributed by atoms with Crippen molar-refractivity contribution in [3.8, 4) is 0 Å². The van der Waals surface area contributed by atoms with Crippen LogP contribution in [0.1, 0.15) is 33.1 Å². The SMILES string of the molecule is C1COCC[NH2+]1.CC1(C)[C@H]2CC[C@@H](CS(=O)(=O)[O-])[C@@H]1C2. The van der Waals surface area contributed by atoms with Gasteiger partial charge < -0.3 is 14.6 Å². The Morgan fingerprint density at radius 3 is 2.25 bits per heavy atom. The van der Waals surface area contributed by atoms with Crippen LogP contribution in [0, 0.1) is 23.2 Å². The third kappa shape index (κ3) is 3.93. The van der Waals surface area contributed by atoms with Gasteiger partial charge in [-0.15, -0.1) is 0 Å². The van der Waals surface area contributed by atoms with Crippen molar-refractivity contribution in [1.29, 1.82) is 0 Å². The fraction of sp³-hybridized carbons (Fsp3) is 1.00. The highest BCUT2D eigenvalue weighted by atomic mass is 32.2. The number of ether oxygens (including phenoxy) is 1. The first-order chi connectivity index (χ1) is 9.31. The Labute approximate surface area is 122 Å². The first-order valence-electron chi connectivity index (χ1n) is 7.63. The molecule has 3 saturated carbocycles. The van der Waals surface area contributed by atoms with E-state index in [2.05, 4.69) is 19.2 Å². The predicted molar refractivity (Wildman–Crippen MR) is 75.1 cm³/mol. The zero-order chi connectivity index (χ0) is 14.8. The molecule has 0 radical (unpaired) electrons. The van der Waals surface area contributed by atoms with Crippen LogP contribution in [0.15, 0.2) is 0 Å². The summed E-state index contributed by atoms with van der Waals surface area (Å²) in [5, 5.41) is 2.27. The summed E-state index contributed by atoms with van der Waals surface area (Å²) in [5.74, 6) is 1.20. The van der Waals surface area contributed by atoms with Gasteiger partial charge in [0.05, 0.1) is 36.4 Å². The zero-order valence-electron chi connectivity index (χ0n) is 12.5. The number of rotatable bonds is 2. The Morgan fingerprint density at radius 1 is 1.25 bits per heavy atom. The van der Waals surface area contributed by atoms with Crippen molar-refractivity contribution in [2.75, 3.05) is 32.1 Å². The maximum atomic E-state index is 10.7. The Hall–Kier alpha value is -0.170. The molecule has 4 rings (SSSR count). The second kappa shape index (κ2) is 6.30. The number of nitrogens with two attached hydrogens (primary N) is 1. The minimum Gasteiger partial charge on any atom is -0.748 e. The Kier molecular flexibility index (Phi) is 5.10. The number of morpholine rings is 1. The van der Waals surface area contributed by atoms with E-state index in [1.165, 1.54) is 0 Å². The van der Waals surface area contributed by atoms with Crippen molar-refractivity contribution in [2.45, 2.75) is 33.1 Å². The summed E-state index contributed by atoms with van der Waals surface area (Å²) in [4.78, 5) is 0. The molecule has 0 aromatic rings. The van der Waals surface area contributed by atoms with Crippen LogP contribution >= 0.6 is 0 Å². The van der Waals surface area contributed by atoms with Gasteiger partial charge in [-0.3, -0.25) is 0 Å². The molecule has 5 nitrogen and oxygen atoms in total. The first-order valence-corrected chi connectivity index (χ1v) is 9.21. The van der Waals surface area contributed by atoms with Gasteiger partial charge in [-0.25, -0.2) is 8.42 Å². The lowest BCUT2D eigenvalue weighted by Gasteiger charge is -2.60. The third-order valence-corrected chi connectivity index (χ3v) is 6.19. The fourth-order valence-corrected chi connectivity index (χ4v) is 4.93. The maximum Gasteiger partial charge on any atom is 0.0993 e. The van der Waals surface area contributed by atoms with E-state index in [0.29, 0.717) is 5.92 Å². The van der Waals surface area contributed by atoms with E-state index >= 15 is 0 Å². The first kappa shape index (κ1) is 16.2.